The van der Waals surface area contributed by atoms with Gasteiger partial charge in [0, 0.05) is 13.0 Å². The molecule has 1 heterocycles. The second kappa shape index (κ2) is 3.44. The second-order valence-electron chi connectivity index (χ2n) is 3.91. The molecule has 0 spiro atoms. The average molecular weight is 193 g/mol. The molecule has 0 bridgehead atoms. The SMILES string of the molecule is Cn1ncc(C(=O)C2CCCC2)c1N. The van der Waals surface area contributed by atoms with Crippen LogP contribution in [-0.2, 0) is 7.05 Å². The molecule has 1 saturated carbocycles. The third-order valence-electron chi connectivity index (χ3n) is 2.98. The van der Waals surface area contributed by atoms with Gasteiger partial charge in [0.05, 0.1) is 11.8 Å². The highest BCUT2D eigenvalue weighted by atomic mass is 16.1. The van der Waals surface area contributed by atoms with E-state index in [-0.39, 0.29) is 11.7 Å². The van der Waals surface area contributed by atoms with Gasteiger partial charge in [0.15, 0.2) is 5.78 Å². The van der Waals surface area contributed by atoms with Crippen LogP contribution in [0.4, 0.5) is 5.82 Å². The maximum atomic E-state index is 11.9. The minimum atomic E-state index is 0.174. The first-order chi connectivity index (χ1) is 6.70. The molecule has 4 heteroatoms. The van der Waals surface area contributed by atoms with Gasteiger partial charge in [-0.2, -0.15) is 5.10 Å². The standard InChI is InChI=1S/C10H15N3O/c1-13-10(11)8(6-12-13)9(14)7-4-2-3-5-7/h6-7H,2-5,11H2,1H3. The molecular weight excluding hydrogens is 178 g/mol. The van der Waals surface area contributed by atoms with Gasteiger partial charge in [0.1, 0.15) is 5.82 Å². The van der Waals surface area contributed by atoms with Gasteiger partial charge in [0.2, 0.25) is 0 Å². The van der Waals surface area contributed by atoms with Gasteiger partial charge in [-0.1, -0.05) is 12.8 Å². The lowest BCUT2D eigenvalue weighted by atomic mass is 9.98. The fraction of sp³-hybridized carbons (Fsp3) is 0.600. The Hall–Kier alpha value is -1.32. The van der Waals surface area contributed by atoms with Gasteiger partial charge < -0.3 is 5.73 Å². The number of hydrogen-bond donors (Lipinski definition) is 1. The number of carbonyl (C=O) groups excluding carboxylic acids is 1. The molecule has 1 aliphatic rings. The van der Waals surface area contributed by atoms with Crippen molar-refractivity contribution in [2.75, 3.05) is 5.73 Å². The molecule has 0 saturated heterocycles. The third kappa shape index (κ3) is 1.41. The summed E-state index contributed by atoms with van der Waals surface area (Å²) in [5.41, 5.74) is 6.35. The van der Waals surface area contributed by atoms with E-state index in [0.29, 0.717) is 11.4 Å². The molecule has 14 heavy (non-hydrogen) atoms. The summed E-state index contributed by atoms with van der Waals surface area (Å²) >= 11 is 0. The van der Waals surface area contributed by atoms with E-state index in [1.165, 1.54) is 0 Å². The average Bonchev–Trinajstić information content (AvgIpc) is 2.77. The Balaban J connectivity index is 2.22. The van der Waals surface area contributed by atoms with Crippen molar-refractivity contribution in [2.24, 2.45) is 13.0 Å². The minimum Gasteiger partial charge on any atom is -0.383 e. The number of hydrogen-bond acceptors (Lipinski definition) is 3. The molecule has 2 rings (SSSR count). The molecule has 0 radical (unpaired) electrons. The van der Waals surface area contributed by atoms with Crippen molar-refractivity contribution in [3.05, 3.63) is 11.8 Å². The topological polar surface area (TPSA) is 60.9 Å². The minimum absolute atomic E-state index is 0.174. The van der Waals surface area contributed by atoms with Crippen LogP contribution in [0.25, 0.3) is 0 Å². The Labute approximate surface area is 83.1 Å². The molecule has 1 aromatic rings. The monoisotopic (exact) mass is 193 g/mol. The summed E-state index contributed by atoms with van der Waals surface area (Å²) in [6.07, 6.45) is 5.92. The molecule has 76 valence electrons. The summed E-state index contributed by atoms with van der Waals surface area (Å²) in [6, 6.07) is 0. The van der Waals surface area contributed by atoms with Gasteiger partial charge in [-0.3, -0.25) is 9.48 Å². The van der Waals surface area contributed by atoms with Crippen molar-refractivity contribution in [2.45, 2.75) is 25.7 Å². The van der Waals surface area contributed by atoms with E-state index in [2.05, 4.69) is 5.10 Å². The first-order valence-corrected chi connectivity index (χ1v) is 5.02. The van der Waals surface area contributed by atoms with Gasteiger partial charge in [-0.25, -0.2) is 0 Å². The van der Waals surface area contributed by atoms with E-state index in [0.717, 1.165) is 25.7 Å². The van der Waals surface area contributed by atoms with Crippen LogP contribution in [0.5, 0.6) is 0 Å². The Morgan fingerprint density at radius 1 is 1.57 bits per heavy atom. The van der Waals surface area contributed by atoms with Crippen molar-refractivity contribution in [3.8, 4) is 0 Å². The Morgan fingerprint density at radius 3 is 2.71 bits per heavy atom. The summed E-state index contributed by atoms with van der Waals surface area (Å²) < 4.78 is 1.54. The van der Waals surface area contributed by atoms with Gasteiger partial charge in [0.25, 0.3) is 0 Å². The first kappa shape index (κ1) is 9.24. The number of aryl methyl sites for hydroxylation is 1. The quantitative estimate of drug-likeness (QED) is 0.722. The van der Waals surface area contributed by atoms with E-state index in [4.69, 9.17) is 5.73 Å². The number of carbonyl (C=O) groups is 1. The van der Waals surface area contributed by atoms with Crippen molar-refractivity contribution in [3.63, 3.8) is 0 Å². The van der Waals surface area contributed by atoms with Crippen LogP contribution in [0, 0.1) is 5.92 Å². The Kier molecular flexibility index (Phi) is 2.27. The van der Waals surface area contributed by atoms with Crippen molar-refractivity contribution in [1.82, 2.24) is 9.78 Å². The zero-order valence-corrected chi connectivity index (χ0v) is 8.36. The number of anilines is 1. The molecule has 1 fully saturated rings. The normalized spacial score (nSPS) is 17.5. The maximum Gasteiger partial charge on any atom is 0.171 e. The number of aromatic nitrogens is 2. The summed E-state index contributed by atoms with van der Waals surface area (Å²) in [4.78, 5) is 11.9. The number of rotatable bonds is 2. The fourth-order valence-electron chi connectivity index (χ4n) is 2.04. The Bertz CT molecular complexity index is 350. The van der Waals surface area contributed by atoms with Crippen molar-refractivity contribution >= 4 is 11.6 Å². The lowest BCUT2D eigenvalue weighted by molar-refractivity contribution is 0.0924. The van der Waals surface area contributed by atoms with Crippen molar-refractivity contribution < 1.29 is 4.79 Å². The van der Waals surface area contributed by atoms with Crippen LogP contribution in [0.1, 0.15) is 36.0 Å². The highest BCUT2D eigenvalue weighted by Gasteiger charge is 2.26. The lowest BCUT2D eigenvalue weighted by Crippen LogP contribution is -2.12. The largest absolute Gasteiger partial charge is 0.383 e. The molecule has 2 N–H and O–H groups in total. The number of nitrogen functional groups attached to an aromatic ring is 1. The van der Waals surface area contributed by atoms with Gasteiger partial charge in [-0.05, 0) is 12.8 Å². The van der Waals surface area contributed by atoms with Crippen LogP contribution in [0.15, 0.2) is 6.20 Å². The number of ketones is 1. The Morgan fingerprint density at radius 2 is 2.21 bits per heavy atom. The first-order valence-electron chi connectivity index (χ1n) is 5.02. The third-order valence-corrected chi connectivity index (χ3v) is 2.98. The van der Waals surface area contributed by atoms with Gasteiger partial charge in [-0.15, -0.1) is 0 Å². The molecule has 0 amide bonds. The zero-order chi connectivity index (χ0) is 10.1. The summed E-state index contributed by atoms with van der Waals surface area (Å²) in [6.45, 7) is 0. The highest BCUT2D eigenvalue weighted by Crippen LogP contribution is 2.29. The molecule has 0 aliphatic heterocycles. The number of nitrogens with two attached hydrogens (primary N) is 1. The molecule has 1 aromatic heterocycles. The van der Waals surface area contributed by atoms with Crippen LogP contribution < -0.4 is 5.73 Å². The molecule has 0 aromatic carbocycles. The highest BCUT2D eigenvalue weighted by molar-refractivity contribution is 6.01. The van der Waals surface area contributed by atoms with Crippen LogP contribution >= 0.6 is 0 Å². The van der Waals surface area contributed by atoms with E-state index in [1.807, 2.05) is 0 Å². The summed E-state index contributed by atoms with van der Waals surface area (Å²) in [7, 11) is 1.75. The van der Waals surface area contributed by atoms with Crippen molar-refractivity contribution in [1.29, 1.82) is 0 Å². The number of Topliss-reactive ketones (excluding diaryl/α,β-unsaturated/α-hetero) is 1. The van der Waals surface area contributed by atoms with E-state index >= 15 is 0 Å². The van der Waals surface area contributed by atoms with E-state index in [1.54, 1.807) is 17.9 Å². The van der Waals surface area contributed by atoms with Crippen LogP contribution in [-0.4, -0.2) is 15.6 Å². The molecule has 0 unspecified atom stereocenters. The lowest BCUT2D eigenvalue weighted by Gasteiger charge is -2.06. The van der Waals surface area contributed by atoms with E-state index in [9.17, 15) is 4.79 Å². The summed E-state index contributed by atoms with van der Waals surface area (Å²) in [5, 5.41) is 3.98. The smallest absolute Gasteiger partial charge is 0.171 e. The van der Waals surface area contributed by atoms with Crippen LogP contribution in [0.3, 0.4) is 0 Å². The second-order valence-corrected chi connectivity index (χ2v) is 3.91. The zero-order valence-electron chi connectivity index (χ0n) is 8.36. The van der Waals surface area contributed by atoms with Gasteiger partial charge >= 0.3 is 0 Å². The molecule has 4 nitrogen and oxygen atoms in total. The molecule has 0 atom stereocenters. The number of nitrogens with zero attached hydrogens (tertiary/aromatic N) is 2. The predicted octanol–water partition coefficient (Wildman–Crippen LogP) is 1.38. The summed E-state index contributed by atoms with van der Waals surface area (Å²) in [5.74, 6) is 0.844. The molecular formula is C10H15N3O. The maximum absolute atomic E-state index is 11.9. The van der Waals surface area contributed by atoms with Crippen LogP contribution in [0.2, 0.25) is 0 Å². The predicted molar refractivity (Wildman–Crippen MR) is 53.9 cm³/mol. The molecule has 1 aliphatic carbocycles. The van der Waals surface area contributed by atoms with E-state index < -0.39 is 0 Å². The fourth-order valence-corrected chi connectivity index (χ4v) is 2.04.